The summed E-state index contributed by atoms with van der Waals surface area (Å²) in [7, 11) is 0. The summed E-state index contributed by atoms with van der Waals surface area (Å²) < 4.78 is 5.24. The van der Waals surface area contributed by atoms with Gasteiger partial charge in [-0.3, -0.25) is 4.79 Å². The van der Waals surface area contributed by atoms with Crippen LogP contribution in [0.2, 0.25) is 0 Å². The molecular weight excluding hydrogens is 332 g/mol. The molecule has 0 radical (unpaired) electrons. The van der Waals surface area contributed by atoms with Gasteiger partial charge in [0.2, 0.25) is 5.91 Å². The van der Waals surface area contributed by atoms with Crippen molar-refractivity contribution in [3.63, 3.8) is 0 Å². The Bertz CT molecular complexity index is 687. The van der Waals surface area contributed by atoms with Crippen molar-refractivity contribution in [3.05, 3.63) is 35.9 Å². The summed E-state index contributed by atoms with van der Waals surface area (Å²) in [5, 5.41) is 14.5. The molecular formula is C19H22N4O3. The quantitative estimate of drug-likeness (QED) is 0.734. The van der Waals surface area contributed by atoms with Crippen LogP contribution in [0.15, 0.2) is 30.3 Å². The number of carbonyl (C=O) groups excluding carboxylic acids is 2. The van der Waals surface area contributed by atoms with E-state index in [0.717, 1.165) is 5.56 Å². The van der Waals surface area contributed by atoms with E-state index in [4.69, 9.17) is 16.4 Å². The number of carbonyl (C=O) groups is 2. The fourth-order valence-corrected chi connectivity index (χ4v) is 2.58. The minimum Gasteiger partial charge on any atom is -0.378 e. The van der Waals surface area contributed by atoms with Crippen molar-refractivity contribution in [2.24, 2.45) is 0 Å². The minimum absolute atomic E-state index is 0.109. The normalized spacial score (nSPS) is 15.8. The lowest BCUT2D eigenvalue weighted by molar-refractivity contribution is -0.123. The molecule has 0 spiro atoms. The Morgan fingerprint density at radius 1 is 1.23 bits per heavy atom. The zero-order valence-corrected chi connectivity index (χ0v) is 14.5. The molecule has 136 valence electrons. The minimum atomic E-state index is -0.804. The maximum Gasteiger partial charge on any atom is 0.318 e. The van der Waals surface area contributed by atoms with Crippen LogP contribution in [0.25, 0.3) is 0 Å². The van der Waals surface area contributed by atoms with Gasteiger partial charge in [-0.25, -0.2) is 4.79 Å². The van der Waals surface area contributed by atoms with Crippen molar-refractivity contribution in [1.82, 2.24) is 15.5 Å². The molecule has 2 rings (SSSR count). The summed E-state index contributed by atoms with van der Waals surface area (Å²) in [4.78, 5) is 26.7. The van der Waals surface area contributed by atoms with Crippen LogP contribution < -0.4 is 10.6 Å². The van der Waals surface area contributed by atoms with Crippen LogP contribution in [0, 0.1) is 23.7 Å². The molecule has 2 N–H and O–H groups in total. The highest BCUT2D eigenvalue weighted by atomic mass is 16.5. The molecule has 7 nitrogen and oxygen atoms in total. The smallest absolute Gasteiger partial charge is 0.318 e. The molecule has 3 amide bonds. The molecule has 1 aliphatic rings. The fourth-order valence-electron chi connectivity index (χ4n) is 2.58. The highest BCUT2D eigenvalue weighted by Crippen LogP contribution is 2.06. The Hall–Kier alpha value is -3.03. The first kappa shape index (κ1) is 19.3. The van der Waals surface area contributed by atoms with Gasteiger partial charge in [-0.2, -0.15) is 5.26 Å². The van der Waals surface area contributed by atoms with Crippen LogP contribution in [-0.2, 0) is 16.0 Å². The average Bonchev–Trinajstić information content (AvgIpc) is 2.68. The number of hydrogen-bond acceptors (Lipinski definition) is 4. The predicted molar refractivity (Wildman–Crippen MR) is 95.9 cm³/mol. The zero-order chi connectivity index (χ0) is 18.8. The van der Waals surface area contributed by atoms with E-state index in [1.165, 1.54) is 0 Å². The van der Waals surface area contributed by atoms with Crippen LogP contribution in [0.4, 0.5) is 4.79 Å². The molecule has 26 heavy (non-hydrogen) atoms. The number of nitrogens with zero attached hydrogens (tertiary/aromatic N) is 2. The Balaban J connectivity index is 2.07. The monoisotopic (exact) mass is 354 g/mol. The van der Waals surface area contributed by atoms with E-state index in [-0.39, 0.29) is 12.5 Å². The van der Waals surface area contributed by atoms with Crippen molar-refractivity contribution in [2.75, 3.05) is 26.3 Å². The summed E-state index contributed by atoms with van der Waals surface area (Å²) in [6.45, 7) is 1.90. The van der Waals surface area contributed by atoms with E-state index in [2.05, 4.69) is 16.6 Å². The van der Waals surface area contributed by atoms with Gasteiger partial charge in [0.25, 0.3) is 0 Å². The molecule has 0 aromatic heterocycles. The molecule has 1 aromatic carbocycles. The van der Waals surface area contributed by atoms with Crippen LogP contribution in [0.5, 0.6) is 0 Å². The van der Waals surface area contributed by atoms with Gasteiger partial charge in [0.1, 0.15) is 12.1 Å². The van der Waals surface area contributed by atoms with Gasteiger partial charge in [0, 0.05) is 25.9 Å². The lowest BCUT2D eigenvalue weighted by Gasteiger charge is -2.29. The number of urea groups is 1. The topological polar surface area (TPSA) is 94.5 Å². The third-order valence-electron chi connectivity index (χ3n) is 3.99. The maximum atomic E-state index is 12.6. The number of hydrogen-bond donors (Lipinski definition) is 2. The number of morpholine rings is 1. The van der Waals surface area contributed by atoms with Gasteiger partial charge in [-0.1, -0.05) is 30.3 Å². The van der Waals surface area contributed by atoms with Crippen LogP contribution in [0.3, 0.4) is 0 Å². The second-order valence-corrected chi connectivity index (χ2v) is 5.89. The van der Waals surface area contributed by atoms with Gasteiger partial charge in [0.05, 0.1) is 19.3 Å². The standard InChI is InChI=1S/C19H22N4O3/c1-2-6-16(14-20)21-18(24)17(13-15-7-4-3-5-8-15)22-19(25)23-9-11-26-12-10-23/h1,3-5,7-8,16-17H,6,9-13H2,(H,21,24)(H,22,25)/t16-,17-/m0/s1. The fraction of sp³-hybridized carbons (Fsp3) is 0.421. The summed E-state index contributed by atoms with van der Waals surface area (Å²) in [5.41, 5.74) is 0.903. The highest BCUT2D eigenvalue weighted by Gasteiger charge is 2.26. The summed E-state index contributed by atoms with van der Waals surface area (Å²) in [6, 6.07) is 9.41. The van der Waals surface area contributed by atoms with Crippen LogP contribution in [-0.4, -0.2) is 55.2 Å². The Kier molecular flexibility index (Phi) is 7.48. The Labute approximate surface area is 153 Å². The van der Waals surface area contributed by atoms with Gasteiger partial charge >= 0.3 is 6.03 Å². The van der Waals surface area contributed by atoms with Crippen molar-refractivity contribution in [2.45, 2.75) is 24.9 Å². The first-order valence-electron chi connectivity index (χ1n) is 8.44. The van der Waals surface area contributed by atoms with Crippen LogP contribution >= 0.6 is 0 Å². The van der Waals surface area contributed by atoms with E-state index in [0.29, 0.717) is 32.7 Å². The molecule has 0 unspecified atom stereocenters. The molecule has 0 bridgehead atoms. The highest BCUT2D eigenvalue weighted by molar-refractivity contribution is 5.87. The number of benzene rings is 1. The van der Waals surface area contributed by atoms with E-state index >= 15 is 0 Å². The molecule has 1 heterocycles. The number of amides is 3. The summed E-state index contributed by atoms with van der Waals surface area (Å²) >= 11 is 0. The van der Waals surface area contributed by atoms with E-state index in [1.54, 1.807) is 4.90 Å². The predicted octanol–water partition coefficient (Wildman–Crippen LogP) is 0.671. The molecule has 1 saturated heterocycles. The lowest BCUT2D eigenvalue weighted by Crippen LogP contribution is -2.55. The van der Waals surface area contributed by atoms with E-state index in [1.807, 2.05) is 36.4 Å². The first-order chi connectivity index (χ1) is 12.6. The average molecular weight is 354 g/mol. The second kappa shape index (κ2) is 10.1. The molecule has 1 aromatic rings. The number of ether oxygens (including phenoxy) is 1. The lowest BCUT2D eigenvalue weighted by atomic mass is 10.0. The van der Waals surface area contributed by atoms with Gasteiger partial charge < -0.3 is 20.3 Å². The molecule has 1 aliphatic heterocycles. The summed E-state index contributed by atoms with van der Waals surface area (Å²) in [5.74, 6) is 1.93. The SMILES string of the molecule is C#CC[C@@H](C#N)NC(=O)[C@H](Cc1ccccc1)NC(=O)N1CCOCC1. The molecule has 2 atom stereocenters. The van der Waals surface area contributed by atoms with Gasteiger partial charge in [0.15, 0.2) is 0 Å². The molecule has 1 fully saturated rings. The van der Waals surface area contributed by atoms with Crippen molar-refractivity contribution in [1.29, 1.82) is 5.26 Å². The first-order valence-corrected chi connectivity index (χ1v) is 8.44. The number of nitrogens with one attached hydrogen (secondary N) is 2. The van der Waals surface area contributed by atoms with Crippen molar-refractivity contribution >= 4 is 11.9 Å². The largest absolute Gasteiger partial charge is 0.378 e. The van der Waals surface area contributed by atoms with E-state index in [9.17, 15) is 9.59 Å². The van der Waals surface area contributed by atoms with Crippen molar-refractivity contribution < 1.29 is 14.3 Å². The zero-order valence-electron chi connectivity index (χ0n) is 14.5. The Morgan fingerprint density at radius 3 is 2.54 bits per heavy atom. The summed E-state index contributed by atoms with van der Waals surface area (Å²) in [6.07, 6.45) is 5.64. The molecule has 0 saturated carbocycles. The Morgan fingerprint density at radius 2 is 1.92 bits per heavy atom. The van der Waals surface area contributed by atoms with E-state index < -0.39 is 18.0 Å². The molecule has 0 aliphatic carbocycles. The van der Waals surface area contributed by atoms with Gasteiger partial charge in [-0.15, -0.1) is 12.3 Å². The number of rotatable bonds is 6. The third-order valence-corrected chi connectivity index (χ3v) is 3.99. The van der Waals surface area contributed by atoms with Crippen molar-refractivity contribution in [3.8, 4) is 18.4 Å². The molecule has 7 heteroatoms. The third kappa shape index (κ3) is 5.80. The second-order valence-electron chi connectivity index (χ2n) is 5.89. The number of nitriles is 1. The number of terminal acetylenes is 1. The van der Waals surface area contributed by atoms with Crippen LogP contribution in [0.1, 0.15) is 12.0 Å². The van der Waals surface area contributed by atoms with Gasteiger partial charge in [-0.05, 0) is 5.56 Å². The maximum absolute atomic E-state index is 12.6.